The summed E-state index contributed by atoms with van der Waals surface area (Å²) in [7, 11) is 0. The second-order valence-electron chi connectivity index (χ2n) is 4.44. The summed E-state index contributed by atoms with van der Waals surface area (Å²) in [5, 5.41) is 11.8. The monoisotopic (exact) mass is 228 g/mol. The fourth-order valence-corrected chi connectivity index (χ4v) is 2.38. The third kappa shape index (κ3) is 2.08. The maximum absolute atomic E-state index is 4.29. The van der Waals surface area contributed by atoms with Crippen LogP contribution in [0.15, 0.2) is 36.7 Å². The van der Waals surface area contributed by atoms with Crippen LogP contribution in [0.2, 0.25) is 0 Å². The molecule has 1 aromatic heterocycles. The number of piperidine rings is 1. The average Bonchev–Trinajstić information content (AvgIpc) is 2.90. The minimum atomic E-state index is 0.478. The number of hydrogen-bond acceptors (Lipinski definition) is 3. The highest BCUT2D eigenvalue weighted by molar-refractivity contribution is 5.32. The summed E-state index contributed by atoms with van der Waals surface area (Å²) in [5.41, 5.74) is 1.14. The minimum absolute atomic E-state index is 0.478. The summed E-state index contributed by atoms with van der Waals surface area (Å²) in [5.74, 6) is 1.55. The van der Waals surface area contributed by atoms with Crippen LogP contribution >= 0.6 is 0 Å². The Hall–Kier alpha value is -1.68. The highest BCUT2D eigenvalue weighted by atomic mass is 15.3. The van der Waals surface area contributed by atoms with Crippen molar-refractivity contribution in [2.45, 2.75) is 18.8 Å². The quantitative estimate of drug-likeness (QED) is 0.851. The first-order chi connectivity index (χ1) is 8.45. The Balaban J connectivity index is 1.93. The van der Waals surface area contributed by atoms with Gasteiger partial charge in [-0.3, -0.25) is 4.57 Å². The van der Waals surface area contributed by atoms with Crippen LogP contribution < -0.4 is 5.32 Å². The van der Waals surface area contributed by atoms with Crippen molar-refractivity contribution >= 4 is 0 Å². The maximum atomic E-state index is 4.29. The van der Waals surface area contributed by atoms with Gasteiger partial charge in [0.05, 0.1) is 0 Å². The Bertz CT molecular complexity index is 471. The number of aromatic nitrogens is 3. The van der Waals surface area contributed by atoms with Crippen molar-refractivity contribution in [2.24, 2.45) is 0 Å². The smallest absolute Gasteiger partial charge is 0.141 e. The minimum Gasteiger partial charge on any atom is -0.316 e. The van der Waals surface area contributed by atoms with Gasteiger partial charge in [-0.2, -0.15) is 0 Å². The van der Waals surface area contributed by atoms with Crippen LogP contribution in [0.5, 0.6) is 0 Å². The van der Waals surface area contributed by atoms with E-state index in [1.165, 1.54) is 12.8 Å². The molecule has 0 radical (unpaired) electrons. The van der Waals surface area contributed by atoms with Crippen molar-refractivity contribution in [3.63, 3.8) is 0 Å². The van der Waals surface area contributed by atoms with Crippen molar-refractivity contribution in [1.29, 1.82) is 0 Å². The SMILES string of the molecule is c1ccc(-n2cnnc2C2CCCNC2)cc1. The Morgan fingerprint density at radius 2 is 2.12 bits per heavy atom. The van der Waals surface area contributed by atoms with Gasteiger partial charge in [-0.05, 0) is 31.5 Å². The lowest BCUT2D eigenvalue weighted by Crippen LogP contribution is -2.29. The maximum Gasteiger partial charge on any atom is 0.141 e. The molecule has 2 aromatic rings. The topological polar surface area (TPSA) is 42.7 Å². The summed E-state index contributed by atoms with van der Waals surface area (Å²) in [6.45, 7) is 2.13. The van der Waals surface area contributed by atoms with Crippen LogP contribution in [-0.4, -0.2) is 27.9 Å². The van der Waals surface area contributed by atoms with Gasteiger partial charge in [0.1, 0.15) is 12.2 Å². The lowest BCUT2D eigenvalue weighted by Gasteiger charge is -2.22. The van der Waals surface area contributed by atoms with Crippen LogP contribution in [0.3, 0.4) is 0 Å². The van der Waals surface area contributed by atoms with E-state index in [-0.39, 0.29) is 0 Å². The molecule has 4 nitrogen and oxygen atoms in total. The van der Waals surface area contributed by atoms with E-state index in [1.807, 2.05) is 18.2 Å². The van der Waals surface area contributed by atoms with Crippen molar-refractivity contribution in [1.82, 2.24) is 20.1 Å². The Kier molecular flexibility index (Phi) is 2.88. The highest BCUT2D eigenvalue weighted by Crippen LogP contribution is 2.23. The number of nitrogens with one attached hydrogen (secondary N) is 1. The van der Waals surface area contributed by atoms with Crippen LogP contribution in [-0.2, 0) is 0 Å². The molecular formula is C13H16N4. The highest BCUT2D eigenvalue weighted by Gasteiger charge is 2.20. The largest absolute Gasteiger partial charge is 0.316 e. The van der Waals surface area contributed by atoms with E-state index in [2.05, 4.69) is 32.2 Å². The number of benzene rings is 1. The molecular weight excluding hydrogens is 212 g/mol. The molecule has 1 aliphatic heterocycles. The van der Waals surface area contributed by atoms with Gasteiger partial charge in [0.15, 0.2) is 0 Å². The molecule has 0 aliphatic carbocycles. The second-order valence-corrected chi connectivity index (χ2v) is 4.44. The summed E-state index contributed by atoms with van der Waals surface area (Å²) in [6.07, 6.45) is 4.21. The Morgan fingerprint density at radius 3 is 2.88 bits per heavy atom. The fourth-order valence-electron chi connectivity index (χ4n) is 2.38. The van der Waals surface area contributed by atoms with Gasteiger partial charge < -0.3 is 5.32 Å². The van der Waals surface area contributed by atoms with Gasteiger partial charge in [-0.1, -0.05) is 18.2 Å². The van der Waals surface area contributed by atoms with Crippen LogP contribution in [0.25, 0.3) is 5.69 Å². The molecule has 0 saturated carbocycles. The van der Waals surface area contributed by atoms with E-state index in [1.54, 1.807) is 6.33 Å². The van der Waals surface area contributed by atoms with Crippen molar-refractivity contribution < 1.29 is 0 Å². The fraction of sp³-hybridized carbons (Fsp3) is 0.385. The molecule has 0 amide bonds. The number of para-hydroxylation sites is 1. The van der Waals surface area contributed by atoms with Crippen molar-refractivity contribution in [3.8, 4) is 5.69 Å². The molecule has 1 unspecified atom stereocenters. The summed E-state index contributed by atoms with van der Waals surface area (Å²) in [4.78, 5) is 0. The van der Waals surface area contributed by atoms with Gasteiger partial charge in [0.2, 0.25) is 0 Å². The molecule has 1 atom stereocenters. The molecule has 17 heavy (non-hydrogen) atoms. The second kappa shape index (κ2) is 4.67. The van der Waals surface area contributed by atoms with E-state index in [9.17, 15) is 0 Å². The molecule has 1 N–H and O–H groups in total. The van der Waals surface area contributed by atoms with E-state index in [0.29, 0.717) is 5.92 Å². The first kappa shape index (κ1) is 10.5. The molecule has 1 fully saturated rings. The zero-order valence-corrected chi connectivity index (χ0v) is 9.71. The Labute approximate surface area is 101 Å². The van der Waals surface area contributed by atoms with E-state index in [0.717, 1.165) is 24.6 Å². The van der Waals surface area contributed by atoms with E-state index < -0.39 is 0 Å². The number of hydrogen-bond donors (Lipinski definition) is 1. The number of rotatable bonds is 2. The predicted octanol–water partition coefficient (Wildman–Crippen LogP) is 1.73. The van der Waals surface area contributed by atoms with Gasteiger partial charge in [-0.25, -0.2) is 0 Å². The van der Waals surface area contributed by atoms with Crippen molar-refractivity contribution in [3.05, 3.63) is 42.5 Å². The van der Waals surface area contributed by atoms with Crippen LogP contribution in [0, 0.1) is 0 Å². The molecule has 0 bridgehead atoms. The lowest BCUT2D eigenvalue weighted by molar-refractivity contribution is 0.442. The van der Waals surface area contributed by atoms with E-state index in [4.69, 9.17) is 0 Å². The summed E-state index contributed by atoms with van der Waals surface area (Å²) in [6, 6.07) is 10.3. The third-order valence-electron chi connectivity index (χ3n) is 3.27. The summed E-state index contributed by atoms with van der Waals surface area (Å²) >= 11 is 0. The number of nitrogens with zero attached hydrogens (tertiary/aromatic N) is 3. The standard InChI is InChI=1S/C13H16N4/c1-2-6-12(7-3-1)17-10-15-16-13(17)11-5-4-8-14-9-11/h1-3,6-7,10-11,14H,4-5,8-9H2. The molecule has 3 rings (SSSR count). The van der Waals surface area contributed by atoms with Crippen LogP contribution in [0.4, 0.5) is 0 Å². The zero-order chi connectivity index (χ0) is 11.5. The molecule has 2 heterocycles. The zero-order valence-electron chi connectivity index (χ0n) is 9.71. The molecule has 1 aliphatic rings. The predicted molar refractivity (Wildman–Crippen MR) is 66.2 cm³/mol. The third-order valence-corrected chi connectivity index (χ3v) is 3.27. The van der Waals surface area contributed by atoms with E-state index >= 15 is 0 Å². The Morgan fingerprint density at radius 1 is 1.24 bits per heavy atom. The van der Waals surface area contributed by atoms with Crippen LogP contribution in [0.1, 0.15) is 24.6 Å². The van der Waals surface area contributed by atoms with Gasteiger partial charge in [0, 0.05) is 18.2 Å². The molecule has 4 heteroatoms. The summed E-state index contributed by atoms with van der Waals surface area (Å²) < 4.78 is 2.09. The van der Waals surface area contributed by atoms with Gasteiger partial charge in [-0.15, -0.1) is 10.2 Å². The first-order valence-electron chi connectivity index (χ1n) is 6.11. The van der Waals surface area contributed by atoms with Crippen molar-refractivity contribution in [2.75, 3.05) is 13.1 Å². The molecule has 88 valence electrons. The lowest BCUT2D eigenvalue weighted by atomic mass is 9.99. The van der Waals surface area contributed by atoms with Gasteiger partial charge in [0.25, 0.3) is 0 Å². The molecule has 1 aromatic carbocycles. The molecule has 0 spiro atoms. The first-order valence-corrected chi connectivity index (χ1v) is 6.11. The normalized spacial score (nSPS) is 20.4. The van der Waals surface area contributed by atoms with Gasteiger partial charge >= 0.3 is 0 Å². The average molecular weight is 228 g/mol. The molecule has 1 saturated heterocycles.